The molecule has 0 radical (unpaired) electrons. The van der Waals surface area contributed by atoms with Gasteiger partial charge in [-0.3, -0.25) is 14.4 Å². The fourth-order valence-corrected chi connectivity index (χ4v) is 3.53. The minimum Gasteiger partial charge on any atom is -0.434 e. The van der Waals surface area contributed by atoms with Crippen LogP contribution in [0, 0.1) is 0 Å². The quantitative estimate of drug-likeness (QED) is 0.551. The van der Waals surface area contributed by atoms with Crippen LogP contribution in [-0.2, 0) is 9.53 Å². The SMILES string of the molecule is CCOC(=O)Oc1ccc(C(=O)N2CCCN(C(=O)c3cccc(NC(C)=O)c3)CC2)cc1. The first kappa shape index (κ1) is 23.8. The molecule has 3 rings (SSSR count). The number of carbonyl (C=O) groups is 4. The van der Waals surface area contributed by atoms with E-state index in [2.05, 4.69) is 5.32 Å². The first-order valence-electron chi connectivity index (χ1n) is 10.8. The number of nitrogens with zero attached hydrogens (tertiary/aromatic N) is 2. The second-order valence-corrected chi connectivity index (χ2v) is 7.51. The zero-order valence-electron chi connectivity index (χ0n) is 18.7. The van der Waals surface area contributed by atoms with E-state index in [-0.39, 0.29) is 24.3 Å². The van der Waals surface area contributed by atoms with E-state index in [1.54, 1.807) is 65.3 Å². The van der Waals surface area contributed by atoms with Crippen molar-refractivity contribution in [2.24, 2.45) is 0 Å². The molecular formula is C24H27N3O6. The number of anilines is 1. The minimum absolute atomic E-state index is 0.142. The topological polar surface area (TPSA) is 105 Å². The Morgan fingerprint density at radius 1 is 0.879 bits per heavy atom. The molecule has 1 aliphatic rings. The maximum atomic E-state index is 13.0. The van der Waals surface area contributed by atoms with Crippen LogP contribution in [0.4, 0.5) is 10.5 Å². The van der Waals surface area contributed by atoms with Crippen molar-refractivity contribution in [2.75, 3.05) is 38.1 Å². The monoisotopic (exact) mass is 453 g/mol. The molecule has 0 bridgehead atoms. The molecule has 0 aliphatic carbocycles. The summed E-state index contributed by atoms with van der Waals surface area (Å²) in [6.07, 6.45) is -0.149. The van der Waals surface area contributed by atoms with Crippen molar-refractivity contribution in [3.8, 4) is 5.75 Å². The highest BCUT2D eigenvalue weighted by Crippen LogP contribution is 2.17. The van der Waals surface area contributed by atoms with Crippen LogP contribution in [0.2, 0.25) is 0 Å². The van der Waals surface area contributed by atoms with Crippen molar-refractivity contribution in [2.45, 2.75) is 20.3 Å². The van der Waals surface area contributed by atoms with Crippen molar-refractivity contribution in [1.82, 2.24) is 9.80 Å². The van der Waals surface area contributed by atoms with Gasteiger partial charge >= 0.3 is 6.16 Å². The van der Waals surface area contributed by atoms with Crippen molar-refractivity contribution < 1.29 is 28.7 Å². The third-order valence-corrected chi connectivity index (χ3v) is 5.06. The summed E-state index contributed by atoms with van der Waals surface area (Å²) < 4.78 is 9.74. The summed E-state index contributed by atoms with van der Waals surface area (Å²) in [6, 6.07) is 13.1. The first-order chi connectivity index (χ1) is 15.9. The number of amides is 3. The van der Waals surface area contributed by atoms with Crippen molar-refractivity contribution in [1.29, 1.82) is 0 Å². The second kappa shape index (κ2) is 11.1. The number of hydrogen-bond donors (Lipinski definition) is 1. The van der Waals surface area contributed by atoms with E-state index in [0.29, 0.717) is 55.2 Å². The van der Waals surface area contributed by atoms with Gasteiger partial charge in [0, 0.05) is 49.9 Å². The van der Waals surface area contributed by atoms with Crippen molar-refractivity contribution in [3.05, 3.63) is 59.7 Å². The largest absolute Gasteiger partial charge is 0.513 e. The van der Waals surface area contributed by atoms with E-state index in [4.69, 9.17) is 9.47 Å². The highest BCUT2D eigenvalue weighted by atomic mass is 16.7. The van der Waals surface area contributed by atoms with Crippen LogP contribution in [0.3, 0.4) is 0 Å². The molecule has 1 N–H and O–H groups in total. The lowest BCUT2D eigenvalue weighted by atomic mass is 10.1. The molecule has 3 amide bonds. The standard InChI is InChI=1S/C24H27N3O6/c1-3-32-24(31)33-21-10-8-18(9-11-21)22(29)26-12-5-13-27(15-14-26)23(30)19-6-4-7-20(16-19)25-17(2)28/h4,6-11,16H,3,5,12-15H2,1-2H3,(H,25,28). The lowest BCUT2D eigenvalue weighted by Gasteiger charge is -2.22. The summed E-state index contributed by atoms with van der Waals surface area (Å²) >= 11 is 0. The predicted octanol–water partition coefficient (Wildman–Crippen LogP) is 3.17. The third kappa shape index (κ3) is 6.55. The van der Waals surface area contributed by atoms with Crippen LogP contribution in [-0.4, -0.2) is 66.5 Å². The van der Waals surface area contributed by atoms with Gasteiger partial charge < -0.3 is 24.6 Å². The molecule has 9 nitrogen and oxygen atoms in total. The van der Waals surface area contributed by atoms with E-state index in [0.717, 1.165) is 0 Å². The molecule has 9 heteroatoms. The lowest BCUT2D eigenvalue weighted by Crippen LogP contribution is -2.37. The number of nitrogens with one attached hydrogen (secondary N) is 1. The molecule has 2 aromatic rings. The Kier molecular flexibility index (Phi) is 8.01. The van der Waals surface area contributed by atoms with Crippen LogP contribution < -0.4 is 10.1 Å². The highest BCUT2D eigenvalue weighted by molar-refractivity contribution is 5.97. The Morgan fingerprint density at radius 2 is 1.52 bits per heavy atom. The Bertz CT molecular complexity index is 1020. The van der Waals surface area contributed by atoms with Crippen LogP contribution in [0.1, 0.15) is 41.0 Å². The van der Waals surface area contributed by atoms with E-state index in [9.17, 15) is 19.2 Å². The Morgan fingerprint density at radius 3 is 2.12 bits per heavy atom. The molecule has 0 spiro atoms. The fraction of sp³-hybridized carbons (Fsp3) is 0.333. The average Bonchev–Trinajstić information content (AvgIpc) is 3.05. The normalized spacial score (nSPS) is 13.6. The highest BCUT2D eigenvalue weighted by Gasteiger charge is 2.24. The Hall–Kier alpha value is -3.88. The summed E-state index contributed by atoms with van der Waals surface area (Å²) in [7, 11) is 0. The molecule has 2 aromatic carbocycles. The third-order valence-electron chi connectivity index (χ3n) is 5.06. The van der Waals surface area contributed by atoms with Gasteiger partial charge in [-0.2, -0.15) is 0 Å². The van der Waals surface area contributed by atoms with Gasteiger partial charge in [0.25, 0.3) is 11.8 Å². The van der Waals surface area contributed by atoms with Crippen LogP contribution in [0.15, 0.2) is 48.5 Å². The molecular weight excluding hydrogens is 426 g/mol. The molecule has 0 aromatic heterocycles. The molecule has 1 saturated heterocycles. The number of ether oxygens (including phenoxy) is 2. The Balaban J connectivity index is 1.60. The number of rotatable bonds is 5. The van der Waals surface area contributed by atoms with Gasteiger partial charge in [0.05, 0.1) is 6.61 Å². The smallest absolute Gasteiger partial charge is 0.434 e. The van der Waals surface area contributed by atoms with E-state index < -0.39 is 6.16 Å². The molecule has 1 aliphatic heterocycles. The molecule has 1 heterocycles. The lowest BCUT2D eigenvalue weighted by molar-refractivity contribution is -0.114. The summed E-state index contributed by atoms with van der Waals surface area (Å²) in [6.45, 7) is 5.16. The number of carbonyl (C=O) groups excluding carboxylic acids is 4. The molecule has 0 atom stereocenters. The average molecular weight is 453 g/mol. The van der Waals surface area contributed by atoms with Gasteiger partial charge in [-0.25, -0.2) is 4.79 Å². The van der Waals surface area contributed by atoms with Crippen molar-refractivity contribution >= 4 is 29.6 Å². The number of benzene rings is 2. The van der Waals surface area contributed by atoms with E-state index >= 15 is 0 Å². The molecule has 0 saturated carbocycles. The van der Waals surface area contributed by atoms with E-state index in [1.807, 2.05) is 0 Å². The van der Waals surface area contributed by atoms with Crippen LogP contribution in [0.25, 0.3) is 0 Å². The molecule has 1 fully saturated rings. The first-order valence-corrected chi connectivity index (χ1v) is 10.8. The second-order valence-electron chi connectivity index (χ2n) is 7.51. The van der Waals surface area contributed by atoms with Crippen LogP contribution in [0.5, 0.6) is 5.75 Å². The predicted molar refractivity (Wildman–Crippen MR) is 121 cm³/mol. The van der Waals surface area contributed by atoms with Gasteiger partial charge in [0.15, 0.2) is 0 Å². The molecule has 174 valence electrons. The van der Waals surface area contributed by atoms with Gasteiger partial charge in [-0.15, -0.1) is 0 Å². The van der Waals surface area contributed by atoms with Gasteiger partial charge in [-0.1, -0.05) is 6.07 Å². The summed E-state index contributed by atoms with van der Waals surface area (Å²) in [5.74, 6) is -0.209. The molecule has 0 unspecified atom stereocenters. The van der Waals surface area contributed by atoms with Crippen LogP contribution >= 0.6 is 0 Å². The minimum atomic E-state index is -0.795. The Labute approximate surface area is 192 Å². The molecule has 33 heavy (non-hydrogen) atoms. The zero-order valence-corrected chi connectivity index (χ0v) is 18.7. The summed E-state index contributed by atoms with van der Waals surface area (Å²) in [5, 5.41) is 2.68. The fourth-order valence-electron chi connectivity index (χ4n) is 3.53. The summed E-state index contributed by atoms with van der Waals surface area (Å²) in [4.78, 5) is 52.0. The van der Waals surface area contributed by atoms with Gasteiger partial charge in [0.1, 0.15) is 5.75 Å². The van der Waals surface area contributed by atoms with Crippen molar-refractivity contribution in [3.63, 3.8) is 0 Å². The van der Waals surface area contributed by atoms with E-state index in [1.165, 1.54) is 6.92 Å². The zero-order chi connectivity index (χ0) is 23.8. The van der Waals surface area contributed by atoms with Gasteiger partial charge in [-0.05, 0) is 55.8 Å². The van der Waals surface area contributed by atoms with Gasteiger partial charge in [0.2, 0.25) is 5.91 Å². The number of hydrogen-bond acceptors (Lipinski definition) is 6. The summed E-state index contributed by atoms with van der Waals surface area (Å²) in [5.41, 5.74) is 1.52. The maximum absolute atomic E-state index is 13.0. The maximum Gasteiger partial charge on any atom is 0.513 e.